The topological polar surface area (TPSA) is 67.7 Å². The maximum Gasteiger partial charge on any atom is 0.230 e. The Morgan fingerprint density at radius 2 is 2.22 bits per heavy atom. The number of likely N-dealkylation sites (N-methyl/N-ethyl adjacent to an activating group) is 1. The van der Waals surface area contributed by atoms with Crippen LogP contribution < -0.4 is 0 Å². The van der Waals surface area contributed by atoms with Gasteiger partial charge in [0.1, 0.15) is 5.60 Å². The average molecular weight is 372 g/mol. The second kappa shape index (κ2) is 6.19. The van der Waals surface area contributed by atoms with Crippen LogP contribution in [0.15, 0.2) is 30.6 Å². The molecule has 4 atom stereocenters. The molecule has 2 bridgehead atoms. The smallest absolute Gasteiger partial charge is 0.230 e. The molecule has 0 N–H and O–H groups in total. The zero-order chi connectivity index (χ0) is 19.4. The number of aromatic nitrogens is 2. The van der Waals surface area contributed by atoms with Crippen molar-refractivity contribution in [3.8, 4) is 0 Å². The van der Waals surface area contributed by atoms with Gasteiger partial charge in [0.15, 0.2) is 0 Å². The lowest BCUT2D eigenvalue weighted by Crippen LogP contribution is -2.45. The zero-order valence-electron chi connectivity index (χ0n) is 16.5. The molecule has 0 saturated carbocycles. The summed E-state index contributed by atoms with van der Waals surface area (Å²) in [6.45, 7) is 8.74. The van der Waals surface area contributed by atoms with E-state index in [2.05, 4.69) is 25.9 Å². The van der Waals surface area contributed by atoms with Crippen LogP contribution in [-0.4, -0.2) is 69.8 Å². The molecule has 0 aromatic carbocycles. The van der Waals surface area contributed by atoms with Gasteiger partial charge in [0, 0.05) is 32.5 Å². The van der Waals surface area contributed by atoms with Gasteiger partial charge in [-0.2, -0.15) is 5.10 Å². The van der Waals surface area contributed by atoms with E-state index in [4.69, 9.17) is 4.74 Å². The average Bonchev–Trinajstić information content (AvgIpc) is 3.33. The molecule has 1 aromatic heterocycles. The van der Waals surface area contributed by atoms with E-state index >= 15 is 0 Å². The molecule has 0 radical (unpaired) electrons. The van der Waals surface area contributed by atoms with Gasteiger partial charge < -0.3 is 14.5 Å². The predicted octanol–water partition coefficient (Wildman–Crippen LogP) is 1.17. The van der Waals surface area contributed by atoms with E-state index in [1.165, 1.54) is 0 Å². The van der Waals surface area contributed by atoms with Crippen molar-refractivity contribution in [3.63, 3.8) is 0 Å². The number of amides is 2. The van der Waals surface area contributed by atoms with Gasteiger partial charge in [-0.05, 0) is 11.5 Å². The van der Waals surface area contributed by atoms with E-state index in [0.717, 1.165) is 0 Å². The van der Waals surface area contributed by atoms with Gasteiger partial charge in [0.25, 0.3) is 0 Å². The molecule has 1 aromatic rings. The summed E-state index contributed by atoms with van der Waals surface area (Å²) in [7, 11) is 1.79. The summed E-state index contributed by atoms with van der Waals surface area (Å²) in [4.78, 5) is 29.9. The quantitative estimate of drug-likeness (QED) is 0.728. The lowest BCUT2D eigenvalue weighted by atomic mass is 9.76. The molecule has 2 fully saturated rings. The van der Waals surface area contributed by atoms with E-state index in [1.54, 1.807) is 22.8 Å². The summed E-state index contributed by atoms with van der Waals surface area (Å²) in [6.07, 6.45) is 7.28. The molecular formula is C20H28N4O3. The number of carbonyl (C=O) groups is 2. The van der Waals surface area contributed by atoms with E-state index in [-0.39, 0.29) is 23.3 Å². The second-order valence-corrected chi connectivity index (χ2v) is 9.18. The third kappa shape index (κ3) is 3.08. The van der Waals surface area contributed by atoms with Crippen LogP contribution in [0.5, 0.6) is 0 Å². The van der Waals surface area contributed by atoms with Crippen LogP contribution >= 0.6 is 0 Å². The zero-order valence-corrected chi connectivity index (χ0v) is 16.5. The highest BCUT2D eigenvalue weighted by Crippen LogP contribution is 2.52. The van der Waals surface area contributed by atoms with Crippen LogP contribution in [0.4, 0.5) is 0 Å². The molecule has 2 unspecified atom stereocenters. The molecule has 7 nitrogen and oxygen atoms in total. The van der Waals surface area contributed by atoms with Gasteiger partial charge in [0.2, 0.25) is 11.8 Å². The lowest BCUT2D eigenvalue weighted by Gasteiger charge is -2.29. The number of fused-ring (bicyclic) bond motifs is 1. The van der Waals surface area contributed by atoms with Gasteiger partial charge in [-0.1, -0.05) is 32.9 Å². The van der Waals surface area contributed by atoms with Crippen molar-refractivity contribution in [1.82, 2.24) is 19.6 Å². The van der Waals surface area contributed by atoms with Crippen molar-refractivity contribution in [1.29, 1.82) is 0 Å². The van der Waals surface area contributed by atoms with Gasteiger partial charge in [-0.15, -0.1) is 0 Å². The van der Waals surface area contributed by atoms with E-state index < -0.39 is 17.4 Å². The molecule has 3 aliphatic heterocycles. The third-order valence-corrected chi connectivity index (χ3v) is 5.73. The minimum absolute atomic E-state index is 0.00666. The maximum atomic E-state index is 13.2. The number of carbonyl (C=O) groups excluding carboxylic acids is 2. The van der Waals surface area contributed by atoms with Crippen LogP contribution in [0.1, 0.15) is 20.8 Å². The number of likely N-dealkylation sites (tertiary alicyclic amines) is 1. The molecule has 7 heteroatoms. The molecule has 2 amide bonds. The van der Waals surface area contributed by atoms with Crippen LogP contribution in [-0.2, 0) is 20.9 Å². The van der Waals surface area contributed by atoms with Crippen LogP contribution in [0.3, 0.4) is 0 Å². The molecule has 146 valence electrons. The van der Waals surface area contributed by atoms with E-state index in [1.807, 2.05) is 29.3 Å². The first-order valence-electron chi connectivity index (χ1n) is 9.59. The van der Waals surface area contributed by atoms with Gasteiger partial charge >= 0.3 is 0 Å². The highest BCUT2D eigenvalue weighted by Gasteiger charge is 2.67. The minimum atomic E-state index is -0.629. The van der Waals surface area contributed by atoms with Gasteiger partial charge in [-0.25, -0.2) is 0 Å². The van der Waals surface area contributed by atoms with Crippen molar-refractivity contribution in [2.75, 3.05) is 26.7 Å². The molecule has 4 heterocycles. The maximum absolute atomic E-state index is 13.2. The summed E-state index contributed by atoms with van der Waals surface area (Å²) in [5.41, 5.74) is -0.622. The fourth-order valence-corrected chi connectivity index (χ4v) is 4.62. The molecule has 4 rings (SSSR count). The van der Waals surface area contributed by atoms with Crippen LogP contribution in [0.25, 0.3) is 0 Å². The van der Waals surface area contributed by atoms with Crippen molar-refractivity contribution in [3.05, 3.63) is 30.6 Å². The van der Waals surface area contributed by atoms with Crippen molar-refractivity contribution in [2.45, 2.75) is 39.0 Å². The monoisotopic (exact) mass is 372 g/mol. The fourth-order valence-electron chi connectivity index (χ4n) is 4.62. The normalized spacial score (nSPS) is 31.6. The number of rotatable bonds is 5. The SMILES string of the molecule is CN(CCn1cccn1)C(=O)C1C2C(=O)N(CC(C)(C)C)C[C@@]23C=C[C@@H]1O3. The Hall–Kier alpha value is -2.15. The molecular weight excluding hydrogens is 344 g/mol. The number of hydrogen-bond donors (Lipinski definition) is 0. The summed E-state index contributed by atoms with van der Waals surface area (Å²) in [5.74, 6) is -0.811. The van der Waals surface area contributed by atoms with Crippen LogP contribution in [0, 0.1) is 17.3 Å². The highest BCUT2D eigenvalue weighted by molar-refractivity contribution is 5.93. The highest BCUT2D eigenvalue weighted by atomic mass is 16.5. The second-order valence-electron chi connectivity index (χ2n) is 9.18. The van der Waals surface area contributed by atoms with Crippen LogP contribution in [0.2, 0.25) is 0 Å². The Morgan fingerprint density at radius 3 is 2.89 bits per heavy atom. The largest absolute Gasteiger partial charge is 0.360 e. The molecule has 27 heavy (non-hydrogen) atoms. The Bertz CT molecular complexity index is 767. The van der Waals surface area contributed by atoms with Crippen molar-refractivity contribution >= 4 is 11.8 Å². The van der Waals surface area contributed by atoms with Crippen molar-refractivity contribution < 1.29 is 14.3 Å². The third-order valence-electron chi connectivity index (χ3n) is 5.73. The molecule has 1 spiro atoms. The molecule has 0 aliphatic carbocycles. The number of hydrogen-bond acceptors (Lipinski definition) is 4. The Labute approximate surface area is 159 Å². The van der Waals surface area contributed by atoms with E-state index in [0.29, 0.717) is 26.2 Å². The minimum Gasteiger partial charge on any atom is -0.360 e. The molecule has 3 aliphatic rings. The first-order valence-corrected chi connectivity index (χ1v) is 9.59. The first-order chi connectivity index (χ1) is 12.7. The van der Waals surface area contributed by atoms with Crippen molar-refractivity contribution in [2.24, 2.45) is 17.3 Å². The Balaban J connectivity index is 1.49. The summed E-state index contributed by atoms with van der Waals surface area (Å²) in [6, 6.07) is 1.86. The van der Waals surface area contributed by atoms with Gasteiger partial charge in [-0.3, -0.25) is 14.3 Å². The summed E-state index contributed by atoms with van der Waals surface area (Å²) >= 11 is 0. The number of ether oxygens (including phenoxy) is 1. The van der Waals surface area contributed by atoms with E-state index in [9.17, 15) is 9.59 Å². The Morgan fingerprint density at radius 1 is 1.44 bits per heavy atom. The number of nitrogens with zero attached hydrogens (tertiary/aromatic N) is 4. The lowest BCUT2D eigenvalue weighted by molar-refractivity contribution is -0.142. The summed E-state index contributed by atoms with van der Waals surface area (Å²) in [5, 5.41) is 4.17. The standard InChI is InChI=1S/C20H28N4O3/c1-19(2,3)12-23-13-20-7-6-14(27-20)15(16(20)18(23)26)17(25)22(4)10-11-24-9-5-8-21-24/h5-9,14-16H,10-13H2,1-4H3/t14-,15?,16?,20-/m0/s1. The fraction of sp³-hybridized carbons (Fsp3) is 0.650. The molecule has 2 saturated heterocycles. The first kappa shape index (κ1) is 18.2. The van der Waals surface area contributed by atoms with Gasteiger partial charge in [0.05, 0.1) is 31.0 Å². The summed E-state index contributed by atoms with van der Waals surface area (Å²) < 4.78 is 7.99. The Kier molecular flexibility index (Phi) is 4.18. The predicted molar refractivity (Wildman–Crippen MR) is 99.6 cm³/mol.